The van der Waals surface area contributed by atoms with Crippen molar-refractivity contribution < 1.29 is 8.42 Å². The van der Waals surface area contributed by atoms with E-state index < -0.39 is 10.0 Å². The molecule has 0 spiro atoms. The highest BCUT2D eigenvalue weighted by molar-refractivity contribution is 7.92. The molecular formula is C13H11N3O2S. The van der Waals surface area contributed by atoms with Crippen molar-refractivity contribution in [3.63, 3.8) is 0 Å². The fourth-order valence-electron chi connectivity index (χ4n) is 1.61. The van der Waals surface area contributed by atoms with E-state index in [0.29, 0.717) is 11.1 Å². The highest BCUT2D eigenvalue weighted by Crippen LogP contribution is 2.21. The summed E-state index contributed by atoms with van der Waals surface area (Å²) in [5, 5.41) is 9.07. The minimum absolute atomic E-state index is 0.0559. The van der Waals surface area contributed by atoms with Crippen LogP contribution in [0.4, 0.5) is 5.69 Å². The molecule has 0 atom stereocenters. The Morgan fingerprint density at radius 3 is 2.68 bits per heavy atom. The van der Waals surface area contributed by atoms with Gasteiger partial charge in [-0.2, -0.15) is 5.26 Å². The molecule has 6 heteroatoms. The molecule has 0 bridgehead atoms. The van der Waals surface area contributed by atoms with Gasteiger partial charge in [-0.05, 0) is 30.7 Å². The van der Waals surface area contributed by atoms with Crippen LogP contribution in [0.3, 0.4) is 0 Å². The van der Waals surface area contributed by atoms with Gasteiger partial charge in [-0.25, -0.2) is 8.42 Å². The van der Waals surface area contributed by atoms with Gasteiger partial charge in [0.2, 0.25) is 0 Å². The Morgan fingerprint density at radius 2 is 2.05 bits per heavy atom. The van der Waals surface area contributed by atoms with Gasteiger partial charge in [-0.15, -0.1) is 0 Å². The molecule has 2 aromatic rings. The zero-order valence-corrected chi connectivity index (χ0v) is 11.0. The zero-order chi connectivity index (χ0) is 13.9. The van der Waals surface area contributed by atoms with Crippen LogP contribution in [0, 0.1) is 18.3 Å². The van der Waals surface area contributed by atoms with Gasteiger partial charge in [0, 0.05) is 12.4 Å². The van der Waals surface area contributed by atoms with E-state index in [9.17, 15) is 8.42 Å². The van der Waals surface area contributed by atoms with E-state index in [1.807, 2.05) is 6.07 Å². The lowest BCUT2D eigenvalue weighted by Crippen LogP contribution is -2.14. The first kappa shape index (κ1) is 13.1. The number of hydrogen-bond donors (Lipinski definition) is 1. The van der Waals surface area contributed by atoms with Gasteiger partial charge in [-0.3, -0.25) is 9.71 Å². The number of aromatic nitrogens is 1. The molecule has 1 aromatic heterocycles. The van der Waals surface area contributed by atoms with Crippen molar-refractivity contribution in [2.75, 3.05) is 4.72 Å². The lowest BCUT2D eigenvalue weighted by molar-refractivity contribution is 0.601. The van der Waals surface area contributed by atoms with Crippen molar-refractivity contribution >= 4 is 15.7 Å². The Kier molecular flexibility index (Phi) is 3.49. The number of anilines is 1. The SMILES string of the molecule is Cc1cccc(NS(=O)(=O)c2cccnc2)c1C#N. The van der Waals surface area contributed by atoms with E-state index in [2.05, 4.69) is 9.71 Å². The quantitative estimate of drug-likeness (QED) is 0.927. The van der Waals surface area contributed by atoms with Gasteiger partial charge in [0.15, 0.2) is 0 Å². The van der Waals surface area contributed by atoms with Gasteiger partial charge in [0.25, 0.3) is 10.0 Å². The van der Waals surface area contributed by atoms with Crippen LogP contribution in [0.25, 0.3) is 0 Å². The molecule has 0 fully saturated rings. The molecule has 5 nitrogen and oxygen atoms in total. The molecule has 1 N–H and O–H groups in total. The number of rotatable bonds is 3. The van der Waals surface area contributed by atoms with E-state index in [1.54, 1.807) is 25.1 Å². The Morgan fingerprint density at radius 1 is 1.26 bits per heavy atom. The summed E-state index contributed by atoms with van der Waals surface area (Å²) in [4.78, 5) is 3.82. The largest absolute Gasteiger partial charge is 0.278 e. The highest BCUT2D eigenvalue weighted by Gasteiger charge is 2.16. The Hall–Kier alpha value is -2.39. The molecule has 1 aromatic carbocycles. The fraction of sp³-hybridized carbons (Fsp3) is 0.0769. The fourth-order valence-corrected chi connectivity index (χ4v) is 2.65. The van der Waals surface area contributed by atoms with E-state index in [0.717, 1.165) is 0 Å². The van der Waals surface area contributed by atoms with Gasteiger partial charge in [0.1, 0.15) is 11.0 Å². The average Bonchev–Trinajstić information content (AvgIpc) is 2.40. The van der Waals surface area contributed by atoms with Crippen LogP contribution in [-0.4, -0.2) is 13.4 Å². The maximum Gasteiger partial charge on any atom is 0.263 e. The van der Waals surface area contributed by atoms with Crippen LogP contribution in [0.2, 0.25) is 0 Å². The number of hydrogen-bond acceptors (Lipinski definition) is 4. The molecule has 2 rings (SSSR count). The van der Waals surface area contributed by atoms with Crippen LogP contribution >= 0.6 is 0 Å². The minimum Gasteiger partial charge on any atom is -0.278 e. The third kappa shape index (κ3) is 2.72. The topological polar surface area (TPSA) is 82.8 Å². The van der Waals surface area contributed by atoms with Crippen molar-refractivity contribution in [1.29, 1.82) is 5.26 Å². The Balaban J connectivity index is 2.43. The number of aryl methyl sites for hydroxylation is 1. The molecule has 0 aliphatic rings. The number of benzene rings is 1. The second-order valence-electron chi connectivity index (χ2n) is 3.90. The lowest BCUT2D eigenvalue weighted by Gasteiger charge is -2.10. The maximum absolute atomic E-state index is 12.1. The number of pyridine rings is 1. The van der Waals surface area contributed by atoms with E-state index in [1.165, 1.54) is 24.5 Å². The van der Waals surface area contributed by atoms with Crippen molar-refractivity contribution in [3.8, 4) is 6.07 Å². The molecule has 0 aliphatic heterocycles. The third-order valence-electron chi connectivity index (χ3n) is 2.57. The van der Waals surface area contributed by atoms with E-state index >= 15 is 0 Å². The molecular weight excluding hydrogens is 262 g/mol. The van der Waals surface area contributed by atoms with Crippen molar-refractivity contribution in [2.45, 2.75) is 11.8 Å². The van der Waals surface area contributed by atoms with Gasteiger partial charge < -0.3 is 0 Å². The van der Waals surface area contributed by atoms with Crippen LogP contribution < -0.4 is 4.72 Å². The smallest absolute Gasteiger partial charge is 0.263 e. The lowest BCUT2D eigenvalue weighted by atomic mass is 10.1. The summed E-state index contributed by atoms with van der Waals surface area (Å²) >= 11 is 0. The summed E-state index contributed by atoms with van der Waals surface area (Å²) in [7, 11) is -3.73. The second-order valence-corrected chi connectivity index (χ2v) is 5.59. The summed E-state index contributed by atoms with van der Waals surface area (Å²) in [6.45, 7) is 1.75. The van der Waals surface area contributed by atoms with Crippen molar-refractivity contribution in [2.24, 2.45) is 0 Å². The van der Waals surface area contributed by atoms with Gasteiger partial charge in [-0.1, -0.05) is 12.1 Å². The van der Waals surface area contributed by atoms with Crippen molar-refractivity contribution in [1.82, 2.24) is 4.98 Å². The standard InChI is InChI=1S/C13H11N3O2S/c1-10-4-2-6-13(12(10)8-14)16-19(17,18)11-5-3-7-15-9-11/h2-7,9,16H,1H3. The summed E-state index contributed by atoms with van der Waals surface area (Å²) in [6, 6.07) is 9.97. The molecule has 1 heterocycles. The first-order valence-electron chi connectivity index (χ1n) is 5.47. The number of nitriles is 1. The molecule has 0 radical (unpaired) electrons. The summed E-state index contributed by atoms with van der Waals surface area (Å²) in [5.74, 6) is 0. The van der Waals surface area contributed by atoms with Gasteiger partial charge >= 0.3 is 0 Å². The molecule has 0 saturated carbocycles. The Bertz CT molecular complexity index is 734. The Labute approximate surface area is 111 Å². The molecule has 0 unspecified atom stereocenters. The first-order chi connectivity index (χ1) is 9.04. The minimum atomic E-state index is -3.73. The van der Waals surface area contributed by atoms with Crippen LogP contribution in [0.15, 0.2) is 47.6 Å². The molecule has 0 amide bonds. The van der Waals surface area contributed by atoms with Gasteiger partial charge in [0.05, 0.1) is 11.3 Å². The summed E-state index contributed by atoms with van der Waals surface area (Å²) in [5.41, 5.74) is 1.30. The normalized spacial score (nSPS) is 10.7. The second kappa shape index (κ2) is 5.08. The number of nitrogens with one attached hydrogen (secondary N) is 1. The maximum atomic E-state index is 12.1. The molecule has 0 saturated heterocycles. The van der Waals surface area contributed by atoms with Crippen LogP contribution in [-0.2, 0) is 10.0 Å². The number of sulfonamides is 1. The van der Waals surface area contributed by atoms with E-state index in [4.69, 9.17) is 5.26 Å². The predicted octanol–water partition coefficient (Wildman–Crippen LogP) is 2.06. The highest BCUT2D eigenvalue weighted by atomic mass is 32.2. The summed E-state index contributed by atoms with van der Waals surface area (Å²) < 4.78 is 26.6. The number of nitrogens with zero attached hydrogens (tertiary/aromatic N) is 2. The van der Waals surface area contributed by atoms with Crippen LogP contribution in [0.1, 0.15) is 11.1 Å². The van der Waals surface area contributed by atoms with E-state index in [-0.39, 0.29) is 10.6 Å². The molecule has 0 aliphatic carbocycles. The summed E-state index contributed by atoms with van der Waals surface area (Å²) in [6.07, 6.45) is 2.75. The monoisotopic (exact) mass is 273 g/mol. The molecule has 96 valence electrons. The third-order valence-corrected chi connectivity index (χ3v) is 3.92. The van der Waals surface area contributed by atoms with Crippen molar-refractivity contribution in [3.05, 3.63) is 53.9 Å². The predicted molar refractivity (Wildman–Crippen MR) is 70.9 cm³/mol. The average molecular weight is 273 g/mol. The zero-order valence-electron chi connectivity index (χ0n) is 10.2. The first-order valence-corrected chi connectivity index (χ1v) is 6.95. The molecule has 19 heavy (non-hydrogen) atoms. The van der Waals surface area contributed by atoms with Crippen LogP contribution in [0.5, 0.6) is 0 Å².